The minimum absolute atomic E-state index is 0.0134. The first-order valence-electron chi connectivity index (χ1n) is 15.1. The summed E-state index contributed by atoms with van der Waals surface area (Å²) < 4.78 is 56.2. The Hall–Kier alpha value is -3.48. The van der Waals surface area contributed by atoms with Crippen molar-refractivity contribution in [3.8, 4) is 0 Å². The maximum absolute atomic E-state index is 14.4. The molecule has 44 heavy (non-hydrogen) atoms. The molecule has 234 valence electrons. The predicted octanol–water partition coefficient (Wildman–Crippen LogP) is 4.93. The number of halogens is 3. The number of hydrogen-bond donors (Lipinski definition) is 2. The molecule has 2 aromatic carbocycles. The third-order valence-corrected chi connectivity index (χ3v) is 10.00. The zero-order chi connectivity index (χ0) is 30.9. The second-order valence-corrected chi connectivity index (χ2v) is 13.1. The van der Waals surface area contributed by atoms with E-state index in [9.17, 15) is 18.0 Å². The number of anilines is 2. The zero-order valence-corrected chi connectivity index (χ0v) is 25.1. The van der Waals surface area contributed by atoms with Crippen LogP contribution in [0.5, 0.6) is 0 Å². The van der Waals surface area contributed by atoms with E-state index in [4.69, 9.17) is 9.47 Å². The van der Waals surface area contributed by atoms with E-state index >= 15 is 0 Å². The molecule has 1 saturated heterocycles. The van der Waals surface area contributed by atoms with E-state index in [0.29, 0.717) is 37.3 Å². The quantitative estimate of drug-likeness (QED) is 0.355. The van der Waals surface area contributed by atoms with E-state index in [1.165, 1.54) is 11.0 Å². The fraction of sp³-hybridized carbons (Fsp3) is 0.531. The summed E-state index contributed by atoms with van der Waals surface area (Å²) in [4.78, 5) is 15.4. The number of rotatable bonds is 9. The van der Waals surface area contributed by atoms with Crippen molar-refractivity contribution in [2.75, 3.05) is 30.5 Å². The van der Waals surface area contributed by atoms with Gasteiger partial charge in [0.05, 0.1) is 42.9 Å². The minimum Gasteiger partial charge on any atom is -0.381 e. The van der Waals surface area contributed by atoms with E-state index in [-0.39, 0.29) is 41.9 Å². The fourth-order valence-electron chi connectivity index (χ4n) is 7.06. The lowest BCUT2D eigenvalue weighted by Crippen LogP contribution is -2.48. The van der Waals surface area contributed by atoms with Gasteiger partial charge in [0.2, 0.25) is 0 Å². The number of fused-ring (bicyclic) bond motifs is 1. The summed E-state index contributed by atoms with van der Waals surface area (Å²) in [6.45, 7) is 3.30. The maximum Gasteiger partial charge on any atom is 0.416 e. The molecule has 9 nitrogen and oxygen atoms in total. The lowest BCUT2D eigenvalue weighted by atomic mass is 9.61. The summed E-state index contributed by atoms with van der Waals surface area (Å²) in [6.07, 6.45) is 1.47. The largest absolute Gasteiger partial charge is 0.416 e. The normalized spacial score (nSPS) is 24.5. The van der Waals surface area contributed by atoms with Gasteiger partial charge in [-0.1, -0.05) is 0 Å². The van der Waals surface area contributed by atoms with E-state index in [1.807, 2.05) is 29.8 Å². The van der Waals surface area contributed by atoms with Crippen LogP contribution >= 0.6 is 0 Å². The molecule has 0 radical (unpaired) electrons. The lowest BCUT2D eigenvalue weighted by Gasteiger charge is -2.46. The fourth-order valence-corrected chi connectivity index (χ4v) is 7.06. The summed E-state index contributed by atoms with van der Waals surface area (Å²) in [5.41, 5.74) is 1.42. The van der Waals surface area contributed by atoms with Crippen LogP contribution in [0, 0.1) is 0 Å². The van der Waals surface area contributed by atoms with Crippen molar-refractivity contribution in [3.63, 3.8) is 0 Å². The Labute approximate surface area is 254 Å². The Morgan fingerprint density at radius 3 is 2.50 bits per heavy atom. The average molecular weight is 611 g/mol. The number of nitrogens with one attached hydrogen (secondary N) is 2. The maximum atomic E-state index is 14.4. The van der Waals surface area contributed by atoms with Crippen LogP contribution in [0.25, 0.3) is 0 Å². The van der Waals surface area contributed by atoms with Crippen molar-refractivity contribution in [1.82, 2.24) is 20.1 Å². The van der Waals surface area contributed by atoms with E-state index < -0.39 is 23.1 Å². The summed E-state index contributed by atoms with van der Waals surface area (Å²) in [7, 11) is 3.57. The molecular weight excluding hydrogens is 573 g/mol. The van der Waals surface area contributed by atoms with Gasteiger partial charge in [-0.3, -0.25) is 4.79 Å². The summed E-state index contributed by atoms with van der Waals surface area (Å²) in [5.74, 6) is 0.335. The van der Waals surface area contributed by atoms with Gasteiger partial charge in [-0.05, 0) is 86.1 Å². The number of aryl methyl sites for hydroxylation is 1. The molecule has 2 saturated carbocycles. The number of alkyl halides is 3. The van der Waals surface area contributed by atoms with Gasteiger partial charge in [-0.2, -0.15) is 13.2 Å². The van der Waals surface area contributed by atoms with Crippen LogP contribution in [0.4, 0.5) is 24.5 Å². The first kappa shape index (κ1) is 29.2. The smallest absolute Gasteiger partial charge is 0.381 e. The number of amides is 1. The Morgan fingerprint density at radius 2 is 1.91 bits per heavy atom. The van der Waals surface area contributed by atoms with Crippen molar-refractivity contribution in [1.29, 1.82) is 0 Å². The Morgan fingerprint density at radius 1 is 1.14 bits per heavy atom. The Balaban J connectivity index is 1.28. The summed E-state index contributed by atoms with van der Waals surface area (Å²) >= 11 is 0. The topological polar surface area (TPSA) is 93.5 Å². The lowest BCUT2D eigenvalue weighted by molar-refractivity contribution is -0.138. The number of hydrogen-bond acceptors (Lipinski definition) is 7. The summed E-state index contributed by atoms with van der Waals surface area (Å²) in [5, 5.41) is 15.5. The molecule has 2 aliphatic heterocycles. The third kappa shape index (κ3) is 4.96. The van der Waals surface area contributed by atoms with Crippen LogP contribution in [0.2, 0.25) is 0 Å². The molecule has 1 amide bonds. The van der Waals surface area contributed by atoms with Gasteiger partial charge >= 0.3 is 6.18 Å². The van der Waals surface area contributed by atoms with Gasteiger partial charge in [0.25, 0.3) is 5.91 Å². The number of benzene rings is 2. The highest BCUT2D eigenvalue weighted by molar-refractivity contribution is 6.10. The minimum atomic E-state index is -4.59. The molecule has 3 fully saturated rings. The molecule has 4 aliphatic rings. The molecule has 3 aromatic rings. The Kier molecular flexibility index (Phi) is 7.02. The van der Waals surface area contributed by atoms with Crippen LogP contribution in [0.3, 0.4) is 0 Å². The van der Waals surface area contributed by atoms with Gasteiger partial charge in [0.15, 0.2) is 0 Å². The molecular formula is C32H37F3N6O3. The molecule has 2 aliphatic carbocycles. The first-order valence-corrected chi connectivity index (χ1v) is 15.1. The zero-order valence-electron chi connectivity index (χ0n) is 25.1. The molecule has 0 atom stereocenters. The molecule has 12 heteroatoms. The van der Waals surface area contributed by atoms with Crippen LogP contribution in [0.1, 0.15) is 77.5 Å². The van der Waals surface area contributed by atoms with Crippen molar-refractivity contribution in [2.45, 2.75) is 81.4 Å². The SMILES string of the molecule is CO[C@H]1C[C@@](c2cc(NC3COC3)cc(N3Cc4c(cc(CNC5(C)CCC5)cc4C(F)(F)F)C3=O)c2)(c2nncn2C)C1. The number of aromatic nitrogens is 3. The Bertz CT molecular complexity index is 1590. The van der Waals surface area contributed by atoms with Gasteiger partial charge in [0.1, 0.15) is 12.2 Å². The molecule has 0 unspecified atom stereocenters. The van der Waals surface area contributed by atoms with Crippen molar-refractivity contribution in [2.24, 2.45) is 7.05 Å². The predicted molar refractivity (Wildman–Crippen MR) is 158 cm³/mol. The van der Waals surface area contributed by atoms with Gasteiger partial charge in [-0.25, -0.2) is 0 Å². The molecule has 7 rings (SSSR count). The van der Waals surface area contributed by atoms with Crippen molar-refractivity contribution >= 4 is 17.3 Å². The van der Waals surface area contributed by atoms with E-state index in [0.717, 1.165) is 36.3 Å². The number of methoxy groups -OCH3 is 1. The highest BCUT2D eigenvalue weighted by Gasteiger charge is 2.51. The van der Waals surface area contributed by atoms with Crippen LogP contribution in [-0.4, -0.2) is 58.7 Å². The third-order valence-electron chi connectivity index (χ3n) is 10.00. The highest BCUT2D eigenvalue weighted by Crippen LogP contribution is 2.51. The van der Waals surface area contributed by atoms with Crippen molar-refractivity contribution < 1.29 is 27.4 Å². The molecule has 1 aromatic heterocycles. The van der Waals surface area contributed by atoms with E-state index in [1.54, 1.807) is 19.5 Å². The molecule has 2 N–H and O–H groups in total. The number of ether oxygens (including phenoxy) is 2. The van der Waals surface area contributed by atoms with Crippen LogP contribution in [0.15, 0.2) is 36.7 Å². The summed E-state index contributed by atoms with van der Waals surface area (Å²) in [6, 6.07) is 8.74. The van der Waals surface area contributed by atoms with Crippen LogP contribution < -0.4 is 15.5 Å². The number of carbonyl (C=O) groups excluding carboxylic acids is 1. The first-order chi connectivity index (χ1) is 21.0. The second-order valence-electron chi connectivity index (χ2n) is 13.1. The number of nitrogens with zero attached hydrogens (tertiary/aromatic N) is 4. The van der Waals surface area contributed by atoms with Crippen molar-refractivity contribution in [3.05, 3.63) is 70.3 Å². The van der Waals surface area contributed by atoms with Gasteiger partial charge in [-0.15, -0.1) is 10.2 Å². The van der Waals surface area contributed by atoms with E-state index in [2.05, 4.69) is 27.8 Å². The van der Waals surface area contributed by atoms with Crippen LogP contribution in [-0.2, 0) is 41.2 Å². The second kappa shape index (κ2) is 10.6. The molecule has 0 spiro atoms. The van der Waals surface area contributed by atoms with Gasteiger partial charge < -0.3 is 29.6 Å². The molecule has 0 bridgehead atoms. The average Bonchev–Trinajstić information content (AvgIpc) is 3.50. The highest BCUT2D eigenvalue weighted by atomic mass is 19.4. The standard InChI is InChI=1S/C32H37F3N6O3/c1-30(5-4-6-30)36-14-19-7-25-26(27(8-19)32(33,34)35)15-41(28(25)42)23-10-20(9-21(11-23)38-22-16-44-17-22)31(12-24(13-31)43-3)29-39-37-18-40(29)2/h7-11,18,22,24,36,38H,4-6,12-17H2,1-3H3/t24-,31+. The molecule has 3 heterocycles. The van der Waals surface area contributed by atoms with Gasteiger partial charge in [0, 0.05) is 43.2 Å². The monoisotopic (exact) mass is 610 g/mol. The number of carbonyl (C=O) groups is 1.